The van der Waals surface area contributed by atoms with E-state index in [1.807, 2.05) is 0 Å². The van der Waals surface area contributed by atoms with Crippen LogP contribution in [0.1, 0.15) is 40.0 Å². The van der Waals surface area contributed by atoms with Crippen molar-refractivity contribution in [1.82, 2.24) is 0 Å². The first-order chi connectivity index (χ1) is 5.70. The van der Waals surface area contributed by atoms with E-state index in [0.29, 0.717) is 0 Å². The summed E-state index contributed by atoms with van der Waals surface area (Å²) in [4.78, 5) is 0. The molecule has 0 N–H and O–H groups in total. The molecule has 0 aromatic rings. The van der Waals surface area contributed by atoms with Gasteiger partial charge in [-0.15, -0.1) is 0 Å². The van der Waals surface area contributed by atoms with E-state index in [1.54, 1.807) is 12.8 Å². The van der Waals surface area contributed by atoms with E-state index in [4.69, 9.17) is 0 Å². The average Bonchev–Trinajstić information content (AvgIpc) is 2.46. The zero-order valence-electron chi connectivity index (χ0n) is 8.51. The maximum Gasteiger partial charge on any atom is -0.0232 e. The summed E-state index contributed by atoms with van der Waals surface area (Å²) in [5, 5.41) is 0. The Bertz CT molecular complexity index is 218. The lowest BCUT2D eigenvalue weighted by molar-refractivity contribution is 0.305. The van der Waals surface area contributed by atoms with Crippen LogP contribution in [0, 0.1) is 35.0 Å². The molecule has 0 aromatic carbocycles. The standard InChI is InChI=1S/C12H20/c1-4-12-6-8-5-9(12)11(12)10(8)7(2)3/h7-11H,4-6H2,1-3H3. The van der Waals surface area contributed by atoms with Gasteiger partial charge in [0.1, 0.15) is 0 Å². The van der Waals surface area contributed by atoms with Gasteiger partial charge in [0.15, 0.2) is 0 Å². The van der Waals surface area contributed by atoms with Crippen molar-refractivity contribution in [2.75, 3.05) is 0 Å². The normalized spacial score (nSPS) is 60.0. The summed E-state index contributed by atoms with van der Waals surface area (Å²) in [5.41, 5.74) is 0.888. The molecule has 0 heterocycles. The van der Waals surface area contributed by atoms with Crippen molar-refractivity contribution in [2.24, 2.45) is 35.0 Å². The Labute approximate surface area is 75.7 Å². The van der Waals surface area contributed by atoms with E-state index in [2.05, 4.69) is 20.8 Å². The van der Waals surface area contributed by atoms with Gasteiger partial charge in [0.25, 0.3) is 0 Å². The van der Waals surface area contributed by atoms with Crippen LogP contribution in [0.15, 0.2) is 0 Å². The molecule has 4 bridgehead atoms. The van der Waals surface area contributed by atoms with Gasteiger partial charge in [-0.05, 0) is 54.3 Å². The van der Waals surface area contributed by atoms with Crippen molar-refractivity contribution in [3.05, 3.63) is 0 Å². The van der Waals surface area contributed by atoms with E-state index in [9.17, 15) is 0 Å². The fraction of sp³-hybridized carbons (Fsp3) is 1.00. The zero-order chi connectivity index (χ0) is 8.51. The van der Waals surface area contributed by atoms with Gasteiger partial charge in [-0.2, -0.15) is 0 Å². The average molecular weight is 164 g/mol. The molecule has 0 nitrogen and oxygen atoms in total. The second kappa shape index (κ2) is 1.91. The zero-order valence-corrected chi connectivity index (χ0v) is 8.51. The first kappa shape index (κ1) is 7.41. The van der Waals surface area contributed by atoms with Crippen LogP contribution in [-0.2, 0) is 0 Å². The van der Waals surface area contributed by atoms with E-state index in [1.165, 1.54) is 18.3 Å². The van der Waals surface area contributed by atoms with Crippen molar-refractivity contribution in [1.29, 1.82) is 0 Å². The minimum Gasteiger partial charge on any atom is -0.0648 e. The Morgan fingerprint density at radius 1 is 1.42 bits per heavy atom. The molecular weight excluding hydrogens is 144 g/mol. The molecule has 12 heavy (non-hydrogen) atoms. The third-order valence-electron chi connectivity index (χ3n) is 5.31. The van der Waals surface area contributed by atoms with Crippen LogP contribution in [0.4, 0.5) is 0 Å². The predicted octanol–water partition coefficient (Wildman–Crippen LogP) is 3.32. The van der Waals surface area contributed by atoms with Crippen LogP contribution in [0.2, 0.25) is 0 Å². The van der Waals surface area contributed by atoms with E-state index in [0.717, 1.165) is 23.2 Å². The van der Waals surface area contributed by atoms with Crippen LogP contribution in [0.5, 0.6) is 0 Å². The molecule has 5 unspecified atom stereocenters. The maximum absolute atomic E-state index is 2.43. The summed E-state index contributed by atoms with van der Waals surface area (Å²) in [6.45, 7) is 7.28. The molecule has 0 aliphatic heterocycles. The fourth-order valence-corrected chi connectivity index (χ4v) is 5.02. The molecule has 4 fully saturated rings. The van der Waals surface area contributed by atoms with Crippen LogP contribution < -0.4 is 0 Å². The van der Waals surface area contributed by atoms with Crippen molar-refractivity contribution in [3.8, 4) is 0 Å². The van der Waals surface area contributed by atoms with Gasteiger partial charge >= 0.3 is 0 Å². The molecule has 0 radical (unpaired) electrons. The van der Waals surface area contributed by atoms with E-state index < -0.39 is 0 Å². The van der Waals surface area contributed by atoms with Crippen molar-refractivity contribution < 1.29 is 0 Å². The molecule has 0 heteroatoms. The molecule has 4 aliphatic carbocycles. The molecule has 0 aromatic heterocycles. The molecule has 0 amide bonds. The summed E-state index contributed by atoms with van der Waals surface area (Å²) in [7, 11) is 0. The molecule has 0 saturated heterocycles. The molecule has 5 atom stereocenters. The van der Waals surface area contributed by atoms with Gasteiger partial charge in [-0.3, -0.25) is 0 Å². The Kier molecular flexibility index (Phi) is 1.18. The summed E-state index contributed by atoms with van der Waals surface area (Å²) in [6, 6.07) is 0. The lowest BCUT2D eigenvalue weighted by Gasteiger charge is -2.18. The Balaban J connectivity index is 1.90. The van der Waals surface area contributed by atoms with E-state index in [-0.39, 0.29) is 0 Å². The third kappa shape index (κ3) is 0.561. The van der Waals surface area contributed by atoms with Crippen molar-refractivity contribution in [3.63, 3.8) is 0 Å². The smallest absolute Gasteiger partial charge is 0.0232 e. The molecule has 68 valence electrons. The van der Waals surface area contributed by atoms with Crippen molar-refractivity contribution in [2.45, 2.75) is 40.0 Å². The highest BCUT2D eigenvalue weighted by molar-refractivity contribution is 5.25. The Morgan fingerprint density at radius 3 is 2.50 bits per heavy atom. The summed E-state index contributed by atoms with van der Waals surface area (Å²) in [6.07, 6.45) is 4.67. The van der Waals surface area contributed by atoms with Crippen LogP contribution >= 0.6 is 0 Å². The quantitative estimate of drug-likeness (QED) is 0.587. The third-order valence-corrected chi connectivity index (χ3v) is 5.31. The Morgan fingerprint density at radius 2 is 2.17 bits per heavy atom. The highest BCUT2D eigenvalue weighted by Crippen LogP contribution is 2.83. The van der Waals surface area contributed by atoms with Crippen LogP contribution in [0.3, 0.4) is 0 Å². The summed E-state index contributed by atoms with van der Waals surface area (Å²) >= 11 is 0. The van der Waals surface area contributed by atoms with Gasteiger partial charge in [0, 0.05) is 0 Å². The minimum absolute atomic E-state index is 0.888. The Hall–Kier alpha value is 0. The second-order valence-corrected chi connectivity index (χ2v) is 5.74. The highest BCUT2D eigenvalue weighted by atomic mass is 14.8. The summed E-state index contributed by atoms with van der Waals surface area (Å²) < 4.78 is 0. The fourth-order valence-electron chi connectivity index (χ4n) is 5.02. The van der Waals surface area contributed by atoms with Crippen molar-refractivity contribution >= 4 is 0 Å². The summed E-state index contributed by atoms with van der Waals surface area (Å²) in [5.74, 6) is 5.57. The molecule has 4 rings (SSSR count). The molecule has 0 spiro atoms. The molecule has 4 saturated carbocycles. The largest absolute Gasteiger partial charge is 0.0648 e. The van der Waals surface area contributed by atoms with Gasteiger partial charge < -0.3 is 0 Å². The molecular formula is C12H20. The highest BCUT2D eigenvalue weighted by Gasteiger charge is 2.77. The van der Waals surface area contributed by atoms with Gasteiger partial charge in [0.2, 0.25) is 0 Å². The van der Waals surface area contributed by atoms with Gasteiger partial charge in [0.05, 0.1) is 0 Å². The monoisotopic (exact) mass is 164 g/mol. The van der Waals surface area contributed by atoms with Gasteiger partial charge in [-0.1, -0.05) is 20.8 Å². The number of hydrogen-bond donors (Lipinski definition) is 0. The lowest BCUT2D eigenvalue weighted by atomic mass is 9.87. The lowest BCUT2D eigenvalue weighted by Crippen LogP contribution is -2.12. The van der Waals surface area contributed by atoms with Crippen LogP contribution in [0.25, 0.3) is 0 Å². The SMILES string of the molecule is CCC12CC3CC1C2C3C(C)C. The van der Waals surface area contributed by atoms with E-state index >= 15 is 0 Å². The first-order valence-electron chi connectivity index (χ1n) is 5.70. The second-order valence-electron chi connectivity index (χ2n) is 5.74. The topological polar surface area (TPSA) is 0 Å². The van der Waals surface area contributed by atoms with Crippen LogP contribution in [-0.4, -0.2) is 0 Å². The molecule has 4 aliphatic rings. The minimum atomic E-state index is 0.888. The first-order valence-corrected chi connectivity index (χ1v) is 5.70. The number of rotatable bonds is 2. The number of hydrogen-bond acceptors (Lipinski definition) is 0. The van der Waals surface area contributed by atoms with Gasteiger partial charge in [-0.25, -0.2) is 0 Å². The maximum atomic E-state index is 2.43. The predicted molar refractivity (Wildman–Crippen MR) is 50.8 cm³/mol.